The summed E-state index contributed by atoms with van der Waals surface area (Å²) in [6.45, 7) is 10.4. The normalized spacial score (nSPS) is 17.0. The fourth-order valence-corrected chi connectivity index (χ4v) is 2.57. The lowest BCUT2D eigenvalue weighted by molar-refractivity contribution is 0.284. The van der Waals surface area contributed by atoms with Crippen LogP contribution in [0.3, 0.4) is 0 Å². The van der Waals surface area contributed by atoms with Gasteiger partial charge in [-0.2, -0.15) is 0 Å². The summed E-state index contributed by atoms with van der Waals surface area (Å²) in [6, 6.07) is 9.20. The Labute approximate surface area is 124 Å². The molecule has 3 heteroatoms. The van der Waals surface area contributed by atoms with Crippen LogP contribution < -0.4 is 5.32 Å². The average molecular weight is 283 g/mol. The van der Waals surface area contributed by atoms with Gasteiger partial charge in [-0.15, -0.1) is 12.4 Å². The van der Waals surface area contributed by atoms with Crippen molar-refractivity contribution in [3.63, 3.8) is 0 Å². The highest BCUT2D eigenvalue weighted by atomic mass is 35.5. The molecule has 1 aliphatic rings. The Hall–Kier alpha value is -0.570. The molecule has 0 amide bonds. The summed E-state index contributed by atoms with van der Waals surface area (Å²) in [5, 5.41) is 3.45. The van der Waals surface area contributed by atoms with Crippen LogP contribution in [0.15, 0.2) is 24.3 Å². The van der Waals surface area contributed by atoms with Gasteiger partial charge in [-0.3, -0.25) is 4.90 Å². The molecule has 108 valence electrons. The summed E-state index contributed by atoms with van der Waals surface area (Å²) < 4.78 is 0. The van der Waals surface area contributed by atoms with Crippen molar-refractivity contribution in [1.82, 2.24) is 10.2 Å². The van der Waals surface area contributed by atoms with Crippen molar-refractivity contribution in [3.05, 3.63) is 35.4 Å². The second-order valence-electron chi connectivity index (χ2n) is 5.79. The van der Waals surface area contributed by atoms with Gasteiger partial charge in [-0.1, -0.05) is 38.1 Å². The van der Waals surface area contributed by atoms with Crippen LogP contribution in [0.25, 0.3) is 0 Å². The van der Waals surface area contributed by atoms with Crippen molar-refractivity contribution in [1.29, 1.82) is 0 Å². The average Bonchev–Trinajstić information content (AvgIpc) is 2.60. The number of rotatable bonds is 4. The van der Waals surface area contributed by atoms with Gasteiger partial charge in [0.1, 0.15) is 0 Å². The first-order valence-electron chi connectivity index (χ1n) is 7.25. The van der Waals surface area contributed by atoms with Crippen LogP contribution in [0, 0.1) is 5.92 Å². The lowest BCUT2D eigenvalue weighted by Gasteiger charge is -2.19. The number of nitrogens with zero attached hydrogens (tertiary/aromatic N) is 1. The summed E-state index contributed by atoms with van der Waals surface area (Å²) in [6.07, 6.45) is 2.46. The predicted molar refractivity (Wildman–Crippen MR) is 85.0 cm³/mol. The Morgan fingerprint density at radius 3 is 2.42 bits per heavy atom. The van der Waals surface area contributed by atoms with Crippen molar-refractivity contribution >= 4 is 12.4 Å². The lowest BCUT2D eigenvalue weighted by Crippen LogP contribution is -2.27. The number of nitrogens with one attached hydrogen (secondary N) is 1. The van der Waals surface area contributed by atoms with E-state index in [1.165, 1.54) is 43.6 Å². The number of hydrogen-bond acceptors (Lipinski definition) is 2. The minimum Gasteiger partial charge on any atom is -0.315 e. The van der Waals surface area contributed by atoms with Crippen molar-refractivity contribution in [2.24, 2.45) is 5.92 Å². The Morgan fingerprint density at radius 2 is 1.74 bits per heavy atom. The van der Waals surface area contributed by atoms with Crippen molar-refractivity contribution in [2.45, 2.75) is 33.2 Å². The molecule has 1 heterocycles. The largest absolute Gasteiger partial charge is 0.315 e. The molecule has 1 aromatic rings. The first-order valence-corrected chi connectivity index (χ1v) is 7.25. The lowest BCUT2D eigenvalue weighted by atomic mass is 10.0. The van der Waals surface area contributed by atoms with Crippen molar-refractivity contribution in [3.8, 4) is 0 Å². The van der Waals surface area contributed by atoms with Gasteiger partial charge in [-0.05, 0) is 43.0 Å². The SMILES string of the molecule is CC(C)Cc1ccc(CN2CCCNCC2)cc1.Cl. The quantitative estimate of drug-likeness (QED) is 0.913. The van der Waals surface area contributed by atoms with Crippen LogP contribution >= 0.6 is 12.4 Å². The van der Waals surface area contributed by atoms with Gasteiger partial charge in [0.25, 0.3) is 0 Å². The van der Waals surface area contributed by atoms with E-state index in [9.17, 15) is 0 Å². The first-order chi connectivity index (χ1) is 8.74. The maximum absolute atomic E-state index is 3.45. The van der Waals surface area contributed by atoms with E-state index in [1.807, 2.05) is 0 Å². The van der Waals surface area contributed by atoms with E-state index in [2.05, 4.69) is 48.3 Å². The van der Waals surface area contributed by atoms with E-state index in [-0.39, 0.29) is 12.4 Å². The Balaban J connectivity index is 0.00000180. The number of halogens is 1. The molecule has 0 saturated carbocycles. The third-order valence-electron chi connectivity index (χ3n) is 3.51. The Kier molecular flexibility index (Phi) is 7.44. The van der Waals surface area contributed by atoms with Crippen LogP contribution in [0.5, 0.6) is 0 Å². The van der Waals surface area contributed by atoms with E-state index in [0.29, 0.717) is 0 Å². The van der Waals surface area contributed by atoms with Gasteiger partial charge in [0.05, 0.1) is 0 Å². The van der Waals surface area contributed by atoms with Crippen molar-refractivity contribution < 1.29 is 0 Å². The molecule has 1 aromatic carbocycles. The summed E-state index contributed by atoms with van der Waals surface area (Å²) in [4.78, 5) is 2.55. The predicted octanol–water partition coefficient (Wildman–Crippen LogP) is 3.10. The minimum atomic E-state index is 0. The maximum Gasteiger partial charge on any atom is 0.0234 e. The highest BCUT2D eigenvalue weighted by Gasteiger charge is 2.08. The number of hydrogen-bond donors (Lipinski definition) is 1. The van der Waals surface area contributed by atoms with Gasteiger partial charge in [0.15, 0.2) is 0 Å². The molecule has 0 unspecified atom stereocenters. The van der Waals surface area contributed by atoms with E-state index >= 15 is 0 Å². The van der Waals surface area contributed by atoms with Crippen LogP contribution in [0.2, 0.25) is 0 Å². The third kappa shape index (κ3) is 5.94. The summed E-state index contributed by atoms with van der Waals surface area (Å²) in [7, 11) is 0. The molecule has 0 bridgehead atoms. The molecule has 0 aliphatic carbocycles. The zero-order chi connectivity index (χ0) is 12.8. The van der Waals surface area contributed by atoms with E-state index in [4.69, 9.17) is 0 Å². The maximum atomic E-state index is 3.45. The molecule has 1 fully saturated rings. The summed E-state index contributed by atoms with van der Waals surface area (Å²) in [5.74, 6) is 0.743. The van der Waals surface area contributed by atoms with Gasteiger partial charge in [-0.25, -0.2) is 0 Å². The summed E-state index contributed by atoms with van der Waals surface area (Å²) >= 11 is 0. The highest BCUT2D eigenvalue weighted by Crippen LogP contribution is 2.12. The molecule has 0 spiro atoms. The second-order valence-corrected chi connectivity index (χ2v) is 5.79. The molecule has 1 N–H and O–H groups in total. The molecule has 0 atom stereocenters. The smallest absolute Gasteiger partial charge is 0.0234 e. The second kappa shape index (κ2) is 8.57. The molecule has 0 radical (unpaired) electrons. The molecule has 19 heavy (non-hydrogen) atoms. The molecular weight excluding hydrogens is 256 g/mol. The van der Waals surface area contributed by atoms with Crippen molar-refractivity contribution in [2.75, 3.05) is 26.2 Å². The van der Waals surface area contributed by atoms with Crippen LogP contribution in [-0.2, 0) is 13.0 Å². The van der Waals surface area contributed by atoms with E-state index in [1.54, 1.807) is 0 Å². The standard InChI is InChI=1S/C16H26N2.ClH/c1-14(2)12-15-4-6-16(7-5-15)13-18-10-3-8-17-9-11-18;/h4-7,14,17H,3,8-13H2,1-2H3;1H. The molecule has 1 aliphatic heterocycles. The fraction of sp³-hybridized carbons (Fsp3) is 0.625. The van der Waals surface area contributed by atoms with Gasteiger partial charge < -0.3 is 5.32 Å². The third-order valence-corrected chi connectivity index (χ3v) is 3.51. The zero-order valence-electron chi connectivity index (χ0n) is 12.2. The molecular formula is C16H27ClN2. The fourth-order valence-electron chi connectivity index (χ4n) is 2.57. The molecule has 0 aromatic heterocycles. The molecule has 2 nitrogen and oxygen atoms in total. The zero-order valence-corrected chi connectivity index (χ0v) is 13.0. The van der Waals surface area contributed by atoms with Crippen LogP contribution in [-0.4, -0.2) is 31.1 Å². The Bertz CT molecular complexity index is 340. The minimum absolute atomic E-state index is 0. The molecule has 2 rings (SSSR count). The Morgan fingerprint density at radius 1 is 1.05 bits per heavy atom. The van der Waals surface area contributed by atoms with Gasteiger partial charge in [0.2, 0.25) is 0 Å². The van der Waals surface area contributed by atoms with Crippen LogP contribution in [0.4, 0.5) is 0 Å². The summed E-state index contributed by atoms with van der Waals surface area (Å²) in [5.41, 5.74) is 2.91. The monoisotopic (exact) mass is 282 g/mol. The van der Waals surface area contributed by atoms with Crippen LogP contribution in [0.1, 0.15) is 31.4 Å². The number of benzene rings is 1. The highest BCUT2D eigenvalue weighted by molar-refractivity contribution is 5.85. The topological polar surface area (TPSA) is 15.3 Å². The van der Waals surface area contributed by atoms with E-state index < -0.39 is 0 Å². The van der Waals surface area contributed by atoms with Gasteiger partial charge in [0, 0.05) is 19.6 Å². The first kappa shape index (κ1) is 16.5. The molecule has 1 saturated heterocycles. The van der Waals surface area contributed by atoms with Gasteiger partial charge >= 0.3 is 0 Å². The van der Waals surface area contributed by atoms with E-state index in [0.717, 1.165) is 19.0 Å².